The Bertz CT molecular complexity index is 515. The highest BCUT2D eigenvalue weighted by molar-refractivity contribution is 14.0. The van der Waals surface area contributed by atoms with E-state index in [4.69, 9.17) is 0 Å². The number of hydrogen-bond acceptors (Lipinski definition) is 4. The number of carbonyl (C=O) groups excluding carboxylic acids is 2. The lowest BCUT2D eigenvalue weighted by Crippen LogP contribution is -2.52. The van der Waals surface area contributed by atoms with E-state index in [-0.39, 0.29) is 42.3 Å². The van der Waals surface area contributed by atoms with Gasteiger partial charge in [0.1, 0.15) is 6.54 Å². The van der Waals surface area contributed by atoms with Crippen LogP contribution in [-0.4, -0.2) is 98.9 Å². The lowest BCUT2D eigenvalue weighted by molar-refractivity contribution is -0.137. The highest BCUT2D eigenvalue weighted by Gasteiger charge is 2.29. The second kappa shape index (κ2) is 13.2. The molecular formula is C19H37IN6O2. The molecule has 1 saturated carbocycles. The van der Waals surface area contributed by atoms with Gasteiger partial charge in [0, 0.05) is 65.8 Å². The van der Waals surface area contributed by atoms with Crippen LogP contribution in [-0.2, 0) is 9.59 Å². The van der Waals surface area contributed by atoms with E-state index >= 15 is 0 Å². The minimum atomic E-state index is -0.0183. The molecule has 2 N–H and O–H groups in total. The summed E-state index contributed by atoms with van der Waals surface area (Å²) in [6, 6.07) is 0. The summed E-state index contributed by atoms with van der Waals surface area (Å²) < 4.78 is 0. The standard InChI is InChI=1S/C19H36N6O2.HI/c1-4-20-19(22-15-17(26)23(2)3)21-9-10-24-11-13-25(14-12-24)18(27)16-7-5-6-8-16;/h16H,4-15H2,1-3H3,(H2,20,21,22);1H. The van der Waals surface area contributed by atoms with Crippen LogP contribution >= 0.6 is 24.0 Å². The Morgan fingerprint density at radius 1 is 1.07 bits per heavy atom. The molecule has 0 unspecified atom stereocenters. The number of nitrogens with one attached hydrogen (secondary N) is 2. The zero-order chi connectivity index (χ0) is 19.6. The van der Waals surface area contributed by atoms with Gasteiger partial charge < -0.3 is 20.4 Å². The first-order valence-corrected chi connectivity index (χ1v) is 10.2. The summed E-state index contributed by atoms with van der Waals surface area (Å²) in [4.78, 5) is 34.5. The number of nitrogens with zero attached hydrogens (tertiary/aromatic N) is 4. The third-order valence-corrected chi connectivity index (χ3v) is 5.32. The van der Waals surface area contributed by atoms with Gasteiger partial charge in [-0.25, -0.2) is 4.99 Å². The zero-order valence-corrected chi connectivity index (χ0v) is 19.9. The molecule has 0 aromatic heterocycles. The third-order valence-electron chi connectivity index (χ3n) is 5.32. The number of hydrogen-bond donors (Lipinski definition) is 2. The summed E-state index contributed by atoms with van der Waals surface area (Å²) in [5.74, 6) is 1.30. The SMILES string of the molecule is CCNC(=NCC(=O)N(C)C)NCCN1CCN(C(=O)C2CCCC2)CC1.I. The maximum absolute atomic E-state index is 12.5. The number of amides is 2. The van der Waals surface area contributed by atoms with Crippen LogP contribution in [0, 0.1) is 5.92 Å². The Hall–Kier alpha value is -1.10. The molecule has 1 heterocycles. The van der Waals surface area contributed by atoms with E-state index in [1.165, 1.54) is 12.8 Å². The summed E-state index contributed by atoms with van der Waals surface area (Å²) in [5, 5.41) is 6.45. The quantitative estimate of drug-likeness (QED) is 0.299. The second-order valence-corrected chi connectivity index (χ2v) is 7.56. The molecule has 0 radical (unpaired) electrons. The normalized spacial score (nSPS) is 18.5. The number of halogens is 1. The molecule has 0 aromatic carbocycles. The van der Waals surface area contributed by atoms with Crippen molar-refractivity contribution in [1.82, 2.24) is 25.3 Å². The van der Waals surface area contributed by atoms with Crippen molar-refractivity contribution in [2.24, 2.45) is 10.9 Å². The van der Waals surface area contributed by atoms with E-state index in [1.54, 1.807) is 19.0 Å². The van der Waals surface area contributed by atoms with E-state index in [0.717, 1.165) is 58.7 Å². The Morgan fingerprint density at radius 3 is 2.29 bits per heavy atom. The molecule has 0 spiro atoms. The Kier molecular flexibility index (Phi) is 11.7. The first-order valence-electron chi connectivity index (χ1n) is 10.2. The lowest BCUT2D eigenvalue weighted by Gasteiger charge is -2.36. The van der Waals surface area contributed by atoms with Crippen molar-refractivity contribution >= 4 is 41.8 Å². The molecule has 0 aromatic rings. The number of rotatable bonds is 7. The largest absolute Gasteiger partial charge is 0.357 e. The van der Waals surface area contributed by atoms with Crippen LogP contribution in [0.3, 0.4) is 0 Å². The number of aliphatic imine (C=N–C) groups is 1. The van der Waals surface area contributed by atoms with Crippen molar-refractivity contribution in [3.63, 3.8) is 0 Å². The molecule has 2 amide bonds. The number of piperazine rings is 1. The van der Waals surface area contributed by atoms with Crippen LogP contribution < -0.4 is 10.6 Å². The molecule has 1 aliphatic heterocycles. The van der Waals surface area contributed by atoms with Crippen molar-refractivity contribution < 1.29 is 9.59 Å². The zero-order valence-electron chi connectivity index (χ0n) is 17.6. The minimum absolute atomic E-state index is 0. The fraction of sp³-hybridized carbons (Fsp3) is 0.842. The topological polar surface area (TPSA) is 80.3 Å². The van der Waals surface area contributed by atoms with Crippen molar-refractivity contribution in [2.75, 3.05) is 66.5 Å². The smallest absolute Gasteiger partial charge is 0.243 e. The molecular weight excluding hydrogens is 471 g/mol. The van der Waals surface area contributed by atoms with Crippen LogP contribution in [0.4, 0.5) is 0 Å². The van der Waals surface area contributed by atoms with Crippen molar-refractivity contribution in [1.29, 1.82) is 0 Å². The predicted molar refractivity (Wildman–Crippen MR) is 123 cm³/mol. The van der Waals surface area contributed by atoms with Gasteiger partial charge in [-0.15, -0.1) is 24.0 Å². The molecule has 2 fully saturated rings. The van der Waals surface area contributed by atoms with Crippen molar-refractivity contribution in [3.8, 4) is 0 Å². The number of carbonyl (C=O) groups is 2. The molecule has 1 aliphatic carbocycles. The van der Waals surface area contributed by atoms with Gasteiger partial charge in [0.2, 0.25) is 11.8 Å². The molecule has 0 bridgehead atoms. The average Bonchev–Trinajstić information content (AvgIpc) is 3.20. The summed E-state index contributed by atoms with van der Waals surface area (Å²) in [5.41, 5.74) is 0. The maximum Gasteiger partial charge on any atom is 0.243 e. The van der Waals surface area contributed by atoms with Crippen LogP contribution in [0.5, 0.6) is 0 Å². The Morgan fingerprint density at radius 2 is 1.71 bits per heavy atom. The molecule has 1 saturated heterocycles. The lowest BCUT2D eigenvalue weighted by atomic mass is 10.1. The van der Waals surface area contributed by atoms with Gasteiger partial charge in [-0.05, 0) is 19.8 Å². The minimum Gasteiger partial charge on any atom is -0.357 e. The average molecular weight is 508 g/mol. The summed E-state index contributed by atoms with van der Waals surface area (Å²) in [6.07, 6.45) is 4.56. The third kappa shape index (κ3) is 8.10. The molecule has 8 nitrogen and oxygen atoms in total. The fourth-order valence-electron chi connectivity index (χ4n) is 3.59. The van der Waals surface area contributed by atoms with E-state index in [0.29, 0.717) is 11.9 Å². The number of likely N-dealkylation sites (N-methyl/N-ethyl adjacent to an activating group) is 1. The number of guanidine groups is 1. The van der Waals surface area contributed by atoms with Gasteiger partial charge in [0.25, 0.3) is 0 Å². The Labute approximate surface area is 186 Å². The van der Waals surface area contributed by atoms with Gasteiger partial charge in [-0.3, -0.25) is 14.5 Å². The van der Waals surface area contributed by atoms with E-state index < -0.39 is 0 Å². The van der Waals surface area contributed by atoms with E-state index in [1.807, 2.05) is 6.92 Å². The first kappa shape index (κ1) is 24.9. The van der Waals surface area contributed by atoms with Gasteiger partial charge in [0.15, 0.2) is 5.96 Å². The monoisotopic (exact) mass is 508 g/mol. The van der Waals surface area contributed by atoms with Gasteiger partial charge in [-0.1, -0.05) is 12.8 Å². The van der Waals surface area contributed by atoms with Gasteiger partial charge in [-0.2, -0.15) is 0 Å². The Balaban J connectivity index is 0.00000392. The molecule has 0 atom stereocenters. The van der Waals surface area contributed by atoms with Gasteiger partial charge in [0.05, 0.1) is 0 Å². The van der Waals surface area contributed by atoms with Crippen molar-refractivity contribution in [2.45, 2.75) is 32.6 Å². The van der Waals surface area contributed by atoms with E-state index in [9.17, 15) is 9.59 Å². The maximum atomic E-state index is 12.5. The highest BCUT2D eigenvalue weighted by Crippen LogP contribution is 2.26. The highest BCUT2D eigenvalue weighted by atomic mass is 127. The summed E-state index contributed by atoms with van der Waals surface area (Å²) in [6.45, 7) is 8.08. The van der Waals surface area contributed by atoms with Crippen molar-refractivity contribution in [3.05, 3.63) is 0 Å². The van der Waals surface area contributed by atoms with Gasteiger partial charge >= 0.3 is 0 Å². The molecule has 2 rings (SSSR count). The molecule has 9 heteroatoms. The van der Waals surface area contributed by atoms with Crippen LogP contribution in [0.15, 0.2) is 4.99 Å². The predicted octanol–water partition coefficient (Wildman–Crippen LogP) is 0.582. The molecule has 2 aliphatic rings. The van der Waals surface area contributed by atoms with Crippen LogP contribution in [0.25, 0.3) is 0 Å². The summed E-state index contributed by atoms with van der Waals surface area (Å²) >= 11 is 0. The van der Waals surface area contributed by atoms with Crippen LogP contribution in [0.1, 0.15) is 32.6 Å². The molecule has 28 heavy (non-hydrogen) atoms. The second-order valence-electron chi connectivity index (χ2n) is 7.56. The van der Waals surface area contributed by atoms with Crippen LogP contribution in [0.2, 0.25) is 0 Å². The van der Waals surface area contributed by atoms with E-state index in [2.05, 4.69) is 25.4 Å². The summed E-state index contributed by atoms with van der Waals surface area (Å²) in [7, 11) is 3.46. The first-order chi connectivity index (χ1) is 13.0. The molecule has 162 valence electrons. The fourth-order valence-corrected chi connectivity index (χ4v) is 3.59.